The Morgan fingerprint density at radius 2 is 1.92 bits per heavy atom. The SMILES string of the molecule is COc1ccc(NCc2nnc(SCCC(=O)Nc3sc4c(c3C#N)CCCC4)n2-c2ccccc2)cc1. The molecule has 0 fully saturated rings. The first-order chi connectivity index (χ1) is 18.7. The average molecular weight is 545 g/mol. The van der Waals surface area contributed by atoms with Gasteiger partial charge in [-0.1, -0.05) is 30.0 Å². The number of anilines is 2. The first-order valence-electron chi connectivity index (χ1n) is 12.5. The van der Waals surface area contributed by atoms with Gasteiger partial charge >= 0.3 is 0 Å². The van der Waals surface area contributed by atoms with Crippen LogP contribution < -0.4 is 15.4 Å². The van der Waals surface area contributed by atoms with E-state index in [-0.39, 0.29) is 5.91 Å². The van der Waals surface area contributed by atoms with Gasteiger partial charge < -0.3 is 15.4 Å². The second-order valence-electron chi connectivity index (χ2n) is 8.83. The van der Waals surface area contributed by atoms with Crippen molar-refractivity contribution in [1.82, 2.24) is 14.8 Å². The van der Waals surface area contributed by atoms with Crippen LogP contribution in [0.3, 0.4) is 0 Å². The van der Waals surface area contributed by atoms with Gasteiger partial charge in [-0.05, 0) is 67.6 Å². The van der Waals surface area contributed by atoms with Crippen molar-refractivity contribution in [3.8, 4) is 17.5 Å². The number of nitrogens with zero attached hydrogens (tertiary/aromatic N) is 4. The number of benzene rings is 2. The molecule has 0 saturated heterocycles. The standard InChI is InChI=1S/C28H28N6O2S2/c1-36-21-13-11-19(12-14-21)30-18-25-32-33-28(34(25)20-7-3-2-4-8-20)37-16-15-26(35)31-27-23(17-29)22-9-5-6-10-24(22)38-27/h2-4,7-8,11-14,30H,5-6,9-10,15-16,18H2,1H3,(H,31,35). The zero-order valence-corrected chi connectivity index (χ0v) is 22.7. The monoisotopic (exact) mass is 544 g/mol. The van der Waals surface area contributed by atoms with Crippen molar-refractivity contribution < 1.29 is 9.53 Å². The molecule has 2 N–H and O–H groups in total. The largest absolute Gasteiger partial charge is 0.497 e. The van der Waals surface area contributed by atoms with Crippen molar-refractivity contribution in [3.05, 3.63) is 76.4 Å². The number of nitrogens with one attached hydrogen (secondary N) is 2. The number of aryl methyl sites for hydroxylation is 1. The number of ether oxygens (including phenoxy) is 1. The highest BCUT2D eigenvalue weighted by Gasteiger charge is 2.22. The van der Waals surface area contributed by atoms with E-state index in [4.69, 9.17) is 4.74 Å². The fourth-order valence-electron chi connectivity index (χ4n) is 4.43. The Balaban J connectivity index is 1.24. The van der Waals surface area contributed by atoms with Crippen molar-refractivity contribution >= 4 is 39.7 Å². The molecule has 1 aliphatic carbocycles. The van der Waals surface area contributed by atoms with Gasteiger partial charge in [0.25, 0.3) is 0 Å². The van der Waals surface area contributed by atoms with E-state index in [0.717, 1.165) is 59.4 Å². The Morgan fingerprint density at radius 1 is 1.13 bits per heavy atom. The van der Waals surface area contributed by atoms with Gasteiger partial charge in [-0.15, -0.1) is 21.5 Å². The number of hydrogen-bond acceptors (Lipinski definition) is 8. The summed E-state index contributed by atoms with van der Waals surface area (Å²) in [5.41, 5.74) is 3.67. The van der Waals surface area contributed by atoms with Crippen LogP contribution in [0.25, 0.3) is 5.69 Å². The number of para-hydroxylation sites is 1. The van der Waals surface area contributed by atoms with Crippen LogP contribution in [0.4, 0.5) is 10.7 Å². The van der Waals surface area contributed by atoms with Crippen molar-refractivity contribution in [2.45, 2.75) is 43.8 Å². The average Bonchev–Trinajstić information content (AvgIpc) is 3.52. The highest BCUT2D eigenvalue weighted by atomic mass is 32.2. The Morgan fingerprint density at radius 3 is 2.68 bits per heavy atom. The molecule has 1 amide bonds. The third-order valence-electron chi connectivity index (χ3n) is 6.35. The van der Waals surface area contributed by atoms with E-state index in [2.05, 4.69) is 26.9 Å². The Bertz CT molecular complexity index is 1440. The maximum atomic E-state index is 12.8. The summed E-state index contributed by atoms with van der Waals surface area (Å²) in [6.45, 7) is 0.481. The second kappa shape index (κ2) is 12.2. The maximum Gasteiger partial charge on any atom is 0.225 e. The van der Waals surface area contributed by atoms with Crippen LogP contribution in [0.5, 0.6) is 5.75 Å². The molecule has 5 rings (SSSR count). The van der Waals surface area contributed by atoms with Crippen molar-refractivity contribution in [2.75, 3.05) is 23.5 Å². The van der Waals surface area contributed by atoms with E-state index in [1.807, 2.05) is 59.2 Å². The number of methoxy groups -OCH3 is 1. The number of thiophene rings is 1. The molecule has 0 spiro atoms. The number of nitriles is 1. The molecule has 0 saturated carbocycles. The Kier molecular flexibility index (Phi) is 8.26. The van der Waals surface area contributed by atoms with Gasteiger partial charge in [0.05, 0.1) is 19.2 Å². The van der Waals surface area contributed by atoms with Crippen molar-refractivity contribution in [1.29, 1.82) is 5.26 Å². The molecule has 10 heteroatoms. The van der Waals surface area contributed by atoms with E-state index >= 15 is 0 Å². The molecule has 1 aliphatic rings. The highest BCUT2D eigenvalue weighted by molar-refractivity contribution is 7.99. The molecule has 2 aromatic carbocycles. The molecule has 0 radical (unpaired) electrons. The third-order valence-corrected chi connectivity index (χ3v) is 8.49. The molecule has 38 heavy (non-hydrogen) atoms. The summed E-state index contributed by atoms with van der Waals surface area (Å²) in [5, 5.41) is 26.3. The molecule has 0 aliphatic heterocycles. The minimum absolute atomic E-state index is 0.0974. The molecule has 0 atom stereocenters. The summed E-state index contributed by atoms with van der Waals surface area (Å²) in [6, 6.07) is 20.0. The molecular weight excluding hydrogens is 516 g/mol. The summed E-state index contributed by atoms with van der Waals surface area (Å²) < 4.78 is 7.25. The predicted molar refractivity (Wildman–Crippen MR) is 151 cm³/mol. The number of fused-ring (bicyclic) bond motifs is 1. The second-order valence-corrected chi connectivity index (χ2v) is 11.0. The van der Waals surface area contributed by atoms with Gasteiger partial charge in [0.2, 0.25) is 5.91 Å². The Labute approximate surface area is 230 Å². The minimum atomic E-state index is -0.0974. The van der Waals surface area contributed by atoms with Crippen LogP contribution in [-0.4, -0.2) is 33.5 Å². The molecule has 0 bridgehead atoms. The third kappa shape index (κ3) is 5.85. The summed E-state index contributed by atoms with van der Waals surface area (Å²) in [5.74, 6) is 2.00. The van der Waals surface area contributed by atoms with Crippen LogP contribution in [0.1, 0.15) is 41.1 Å². The number of aromatic nitrogens is 3. The van der Waals surface area contributed by atoms with Crippen LogP contribution in [0.2, 0.25) is 0 Å². The van der Waals surface area contributed by atoms with Gasteiger partial charge in [0.1, 0.15) is 16.8 Å². The van der Waals surface area contributed by atoms with Crippen LogP contribution in [0.15, 0.2) is 59.8 Å². The summed E-state index contributed by atoms with van der Waals surface area (Å²) in [6.07, 6.45) is 4.46. The lowest BCUT2D eigenvalue weighted by Gasteiger charge is -2.12. The van der Waals surface area contributed by atoms with E-state index in [9.17, 15) is 10.1 Å². The minimum Gasteiger partial charge on any atom is -0.497 e. The lowest BCUT2D eigenvalue weighted by Crippen LogP contribution is -2.12. The van der Waals surface area contributed by atoms with E-state index in [0.29, 0.717) is 29.3 Å². The quantitative estimate of drug-likeness (QED) is 0.242. The summed E-state index contributed by atoms with van der Waals surface area (Å²) in [7, 11) is 1.64. The lowest BCUT2D eigenvalue weighted by molar-refractivity contribution is -0.115. The topological polar surface area (TPSA) is 105 Å². The molecule has 194 valence electrons. The van der Waals surface area contributed by atoms with Gasteiger partial charge in [0, 0.05) is 28.4 Å². The molecule has 8 nitrogen and oxygen atoms in total. The molecule has 0 unspecified atom stereocenters. The number of carbonyl (C=O) groups is 1. The van der Waals surface area contributed by atoms with E-state index in [1.165, 1.54) is 16.6 Å². The van der Waals surface area contributed by atoms with Crippen LogP contribution in [-0.2, 0) is 24.2 Å². The zero-order valence-electron chi connectivity index (χ0n) is 21.1. The van der Waals surface area contributed by atoms with Crippen LogP contribution >= 0.6 is 23.1 Å². The van der Waals surface area contributed by atoms with Gasteiger partial charge in [-0.25, -0.2) is 0 Å². The van der Waals surface area contributed by atoms with E-state index in [1.54, 1.807) is 18.4 Å². The lowest BCUT2D eigenvalue weighted by atomic mass is 9.96. The molecule has 4 aromatic rings. The van der Waals surface area contributed by atoms with Gasteiger partial charge in [-0.2, -0.15) is 5.26 Å². The van der Waals surface area contributed by atoms with Crippen molar-refractivity contribution in [3.63, 3.8) is 0 Å². The molecular formula is C28H28N6O2S2. The highest BCUT2D eigenvalue weighted by Crippen LogP contribution is 2.37. The summed E-state index contributed by atoms with van der Waals surface area (Å²) in [4.78, 5) is 14.0. The first-order valence-corrected chi connectivity index (χ1v) is 14.3. The van der Waals surface area contributed by atoms with Gasteiger partial charge in [0.15, 0.2) is 11.0 Å². The van der Waals surface area contributed by atoms with E-state index < -0.39 is 0 Å². The Hall–Kier alpha value is -3.81. The normalized spacial score (nSPS) is 12.4. The molecule has 2 heterocycles. The predicted octanol–water partition coefficient (Wildman–Crippen LogP) is 5.82. The fraction of sp³-hybridized carbons (Fsp3) is 0.286. The smallest absolute Gasteiger partial charge is 0.225 e. The molecule has 2 aromatic heterocycles. The number of thioether (sulfide) groups is 1. The fourth-order valence-corrected chi connectivity index (χ4v) is 6.60. The van der Waals surface area contributed by atoms with Crippen molar-refractivity contribution in [2.24, 2.45) is 0 Å². The number of amides is 1. The maximum absolute atomic E-state index is 12.8. The van der Waals surface area contributed by atoms with Gasteiger partial charge in [-0.3, -0.25) is 9.36 Å². The van der Waals surface area contributed by atoms with Crippen LogP contribution in [0, 0.1) is 11.3 Å². The first kappa shape index (κ1) is 25.8. The zero-order chi connectivity index (χ0) is 26.3. The number of rotatable bonds is 10. The number of hydrogen-bond donors (Lipinski definition) is 2. The number of carbonyl (C=O) groups excluding carboxylic acids is 1. The summed E-state index contributed by atoms with van der Waals surface area (Å²) >= 11 is 3.04.